The van der Waals surface area contributed by atoms with E-state index in [1.807, 2.05) is 48.5 Å². The number of benzene rings is 2. The van der Waals surface area contributed by atoms with E-state index in [9.17, 15) is 4.79 Å². The number of amides is 1. The fourth-order valence-electron chi connectivity index (χ4n) is 1.88. The minimum Gasteiger partial charge on any atom is -0.355 e. The summed E-state index contributed by atoms with van der Waals surface area (Å²) in [5.74, 6) is 0.884. The first-order valence-electron chi connectivity index (χ1n) is 6.75. The molecule has 0 aliphatic rings. The Labute approximate surface area is 124 Å². The molecule has 1 amide bonds. The van der Waals surface area contributed by atoms with Gasteiger partial charge in [0.25, 0.3) is 0 Å². The van der Waals surface area contributed by atoms with Gasteiger partial charge in [0.05, 0.1) is 5.75 Å². The molecule has 20 heavy (non-hydrogen) atoms. The summed E-state index contributed by atoms with van der Waals surface area (Å²) in [6.07, 6.45) is 0. The van der Waals surface area contributed by atoms with Gasteiger partial charge in [-0.1, -0.05) is 55.5 Å². The molecule has 0 aromatic heterocycles. The highest BCUT2D eigenvalue weighted by atomic mass is 32.2. The lowest BCUT2D eigenvalue weighted by Gasteiger charge is -2.12. The number of rotatable bonds is 6. The SMILES string of the molecule is C[C@H](CNC(=O)CSc1ccccc1)c1ccccc1. The van der Waals surface area contributed by atoms with Crippen molar-refractivity contribution in [2.45, 2.75) is 17.7 Å². The van der Waals surface area contributed by atoms with Crippen LogP contribution in [0.4, 0.5) is 0 Å². The standard InChI is InChI=1S/C17H19NOS/c1-14(15-8-4-2-5-9-15)12-18-17(19)13-20-16-10-6-3-7-11-16/h2-11,14H,12-13H2,1H3,(H,18,19)/t14-/m1/s1. The molecule has 0 fully saturated rings. The lowest BCUT2D eigenvalue weighted by atomic mass is 10.0. The zero-order chi connectivity index (χ0) is 14.2. The molecule has 0 radical (unpaired) electrons. The molecule has 0 saturated carbocycles. The normalized spacial score (nSPS) is 11.8. The highest BCUT2D eigenvalue weighted by molar-refractivity contribution is 8.00. The molecule has 0 spiro atoms. The molecule has 0 heterocycles. The summed E-state index contributed by atoms with van der Waals surface area (Å²) in [5.41, 5.74) is 1.25. The van der Waals surface area contributed by atoms with Crippen molar-refractivity contribution in [1.29, 1.82) is 0 Å². The Bertz CT molecular complexity index is 527. The van der Waals surface area contributed by atoms with E-state index in [0.29, 0.717) is 18.2 Å². The summed E-state index contributed by atoms with van der Waals surface area (Å²) < 4.78 is 0. The molecule has 0 bridgehead atoms. The van der Waals surface area contributed by atoms with E-state index in [1.54, 1.807) is 11.8 Å². The van der Waals surface area contributed by atoms with Crippen molar-refractivity contribution in [3.63, 3.8) is 0 Å². The molecular weight excluding hydrogens is 266 g/mol. The van der Waals surface area contributed by atoms with Crippen molar-refractivity contribution in [3.8, 4) is 0 Å². The molecule has 1 atom stereocenters. The largest absolute Gasteiger partial charge is 0.355 e. The van der Waals surface area contributed by atoms with Gasteiger partial charge in [-0.2, -0.15) is 0 Å². The molecule has 2 rings (SSSR count). The fourth-order valence-corrected chi connectivity index (χ4v) is 2.63. The van der Waals surface area contributed by atoms with E-state index >= 15 is 0 Å². The van der Waals surface area contributed by atoms with E-state index < -0.39 is 0 Å². The Hall–Kier alpha value is -1.74. The van der Waals surface area contributed by atoms with Crippen molar-refractivity contribution in [3.05, 3.63) is 66.2 Å². The monoisotopic (exact) mass is 285 g/mol. The Balaban J connectivity index is 1.73. The van der Waals surface area contributed by atoms with Gasteiger partial charge in [-0.25, -0.2) is 0 Å². The minimum atomic E-state index is 0.0848. The van der Waals surface area contributed by atoms with Crippen LogP contribution in [0.2, 0.25) is 0 Å². The molecule has 104 valence electrons. The Kier molecular flexibility index (Phi) is 5.69. The summed E-state index contributed by atoms with van der Waals surface area (Å²) in [6, 6.07) is 20.2. The topological polar surface area (TPSA) is 29.1 Å². The first kappa shape index (κ1) is 14.7. The summed E-state index contributed by atoms with van der Waals surface area (Å²) in [7, 11) is 0. The Morgan fingerprint density at radius 3 is 2.30 bits per heavy atom. The van der Waals surface area contributed by atoms with Gasteiger partial charge in [0.1, 0.15) is 0 Å². The van der Waals surface area contributed by atoms with Crippen molar-refractivity contribution < 1.29 is 4.79 Å². The van der Waals surface area contributed by atoms with Gasteiger partial charge >= 0.3 is 0 Å². The van der Waals surface area contributed by atoms with Crippen LogP contribution in [0.1, 0.15) is 18.4 Å². The van der Waals surface area contributed by atoms with Crippen LogP contribution >= 0.6 is 11.8 Å². The van der Waals surface area contributed by atoms with Crippen LogP contribution in [0.5, 0.6) is 0 Å². The second kappa shape index (κ2) is 7.75. The van der Waals surface area contributed by atoms with Crippen LogP contribution in [-0.4, -0.2) is 18.2 Å². The quantitative estimate of drug-likeness (QED) is 0.820. The molecule has 0 unspecified atom stereocenters. The van der Waals surface area contributed by atoms with Crippen LogP contribution in [0.3, 0.4) is 0 Å². The van der Waals surface area contributed by atoms with E-state index in [2.05, 4.69) is 24.4 Å². The van der Waals surface area contributed by atoms with Crippen molar-refractivity contribution in [2.75, 3.05) is 12.3 Å². The van der Waals surface area contributed by atoms with Gasteiger partial charge < -0.3 is 5.32 Å². The van der Waals surface area contributed by atoms with Gasteiger partial charge in [-0.15, -0.1) is 11.8 Å². The number of nitrogens with one attached hydrogen (secondary N) is 1. The molecular formula is C17H19NOS. The first-order valence-corrected chi connectivity index (χ1v) is 7.74. The van der Waals surface area contributed by atoms with E-state index in [-0.39, 0.29) is 5.91 Å². The van der Waals surface area contributed by atoms with Crippen LogP contribution in [0, 0.1) is 0 Å². The van der Waals surface area contributed by atoms with Crippen LogP contribution in [0.25, 0.3) is 0 Å². The molecule has 0 aliphatic carbocycles. The average molecular weight is 285 g/mol. The molecule has 2 aromatic carbocycles. The molecule has 2 nitrogen and oxygen atoms in total. The van der Waals surface area contributed by atoms with Gasteiger partial charge in [-0.3, -0.25) is 4.79 Å². The van der Waals surface area contributed by atoms with E-state index in [0.717, 1.165) is 4.90 Å². The molecule has 2 aromatic rings. The number of carbonyl (C=O) groups is 1. The van der Waals surface area contributed by atoms with Crippen molar-refractivity contribution in [2.24, 2.45) is 0 Å². The lowest BCUT2D eigenvalue weighted by molar-refractivity contribution is -0.118. The lowest BCUT2D eigenvalue weighted by Crippen LogP contribution is -2.28. The number of hydrogen-bond donors (Lipinski definition) is 1. The maximum atomic E-state index is 11.8. The predicted octanol–water partition coefficient (Wildman–Crippen LogP) is 3.70. The smallest absolute Gasteiger partial charge is 0.230 e. The Morgan fingerprint density at radius 2 is 1.65 bits per heavy atom. The molecule has 0 aliphatic heterocycles. The maximum Gasteiger partial charge on any atom is 0.230 e. The van der Waals surface area contributed by atoms with Crippen LogP contribution in [0.15, 0.2) is 65.6 Å². The molecule has 0 saturated heterocycles. The Morgan fingerprint density at radius 1 is 1.05 bits per heavy atom. The number of hydrogen-bond acceptors (Lipinski definition) is 2. The molecule has 3 heteroatoms. The summed E-state index contributed by atoms with van der Waals surface area (Å²) in [5, 5.41) is 2.99. The highest BCUT2D eigenvalue weighted by Crippen LogP contribution is 2.17. The van der Waals surface area contributed by atoms with Crippen molar-refractivity contribution >= 4 is 17.7 Å². The number of thioether (sulfide) groups is 1. The van der Waals surface area contributed by atoms with E-state index in [4.69, 9.17) is 0 Å². The summed E-state index contributed by atoms with van der Waals surface area (Å²) in [4.78, 5) is 12.9. The van der Waals surface area contributed by atoms with Gasteiger partial charge in [0.15, 0.2) is 0 Å². The average Bonchev–Trinajstić information content (AvgIpc) is 2.52. The van der Waals surface area contributed by atoms with Gasteiger partial charge in [-0.05, 0) is 23.6 Å². The number of carbonyl (C=O) groups excluding carboxylic acids is 1. The highest BCUT2D eigenvalue weighted by Gasteiger charge is 2.07. The third kappa shape index (κ3) is 4.74. The summed E-state index contributed by atoms with van der Waals surface area (Å²) in [6.45, 7) is 2.80. The third-order valence-electron chi connectivity index (χ3n) is 3.09. The fraction of sp³-hybridized carbons (Fsp3) is 0.235. The third-order valence-corrected chi connectivity index (χ3v) is 4.10. The minimum absolute atomic E-state index is 0.0848. The zero-order valence-corrected chi connectivity index (χ0v) is 12.4. The van der Waals surface area contributed by atoms with Crippen LogP contribution < -0.4 is 5.32 Å². The predicted molar refractivity (Wildman–Crippen MR) is 85.0 cm³/mol. The van der Waals surface area contributed by atoms with Crippen molar-refractivity contribution in [1.82, 2.24) is 5.32 Å². The van der Waals surface area contributed by atoms with Gasteiger partial charge in [0.2, 0.25) is 5.91 Å². The maximum absolute atomic E-state index is 11.8. The van der Waals surface area contributed by atoms with Crippen LogP contribution in [-0.2, 0) is 4.79 Å². The van der Waals surface area contributed by atoms with Gasteiger partial charge in [0, 0.05) is 11.4 Å². The van der Waals surface area contributed by atoms with E-state index in [1.165, 1.54) is 5.56 Å². The second-order valence-electron chi connectivity index (χ2n) is 4.72. The molecule has 1 N–H and O–H groups in total. The zero-order valence-electron chi connectivity index (χ0n) is 11.6. The summed E-state index contributed by atoms with van der Waals surface area (Å²) >= 11 is 1.56. The second-order valence-corrected chi connectivity index (χ2v) is 5.77. The first-order chi connectivity index (χ1) is 9.75.